The lowest BCUT2D eigenvalue weighted by atomic mass is 9.62. The Morgan fingerprint density at radius 2 is 1.15 bits per heavy atom. The van der Waals surface area contributed by atoms with Gasteiger partial charge in [-0.15, -0.1) is 0 Å². The van der Waals surface area contributed by atoms with Crippen molar-refractivity contribution in [1.82, 2.24) is 0 Å². The van der Waals surface area contributed by atoms with Crippen molar-refractivity contribution >= 4 is 0 Å². The molecule has 0 bridgehead atoms. The van der Waals surface area contributed by atoms with E-state index in [0.717, 1.165) is 0 Å². The van der Waals surface area contributed by atoms with Crippen LogP contribution >= 0.6 is 0 Å². The molecule has 0 heteroatoms. The van der Waals surface area contributed by atoms with E-state index in [1.165, 1.54) is 44.9 Å². The fraction of sp³-hybridized carbons (Fsp3) is 1.00. The van der Waals surface area contributed by atoms with Crippen molar-refractivity contribution in [3.8, 4) is 0 Å². The van der Waals surface area contributed by atoms with Crippen LogP contribution in [0.3, 0.4) is 0 Å². The molecule has 0 saturated heterocycles. The summed E-state index contributed by atoms with van der Waals surface area (Å²) in [6, 6.07) is 0. The van der Waals surface area contributed by atoms with Gasteiger partial charge >= 0.3 is 0 Å². The Morgan fingerprint density at radius 3 is 1.54 bits per heavy atom. The van der Waals surface area contributed by atoms with Crippen LogP contribution < -0.4 is 0 Å². The maximum Gasteiger partial charge on any atom is -0.0277 e. The molecule has 0 nitrogen and oxygen atoms in total. The minimum atomic E-state index is 0.490. The summed E-state index contributed by atoms with van der Waals surface area (Å²) < 4.78 is 0. The lowest BCUT2D eigenvalue weighted by Crippen LogP contribution is -2.33. The molecular formula is C13H26. The van der Waals surface area contributed by atoms with Crippen molar-refractivity contribution in [2.45, 2.75) is 72.6 Å². The minimum absolute atomic E-state index is 0.490. The van der Waals surface area contributed by atoms with Gasteiger partial charge in [0.25, 0.3) is 0 Å². The Labute approximate surface area is 84.1 Å². The molecule has 0 aliphatic heterocycles. The van der Waals surface area contributed by atoms with E-state index in [-0.39, 0.29) is 0 Å². The molecular weight excluding hydrogens is 156 g/mol. The molecule has 0 radical (unpaired) electrons. The zero-order chi connectivity index (χ0) is 9.95. The molecule has 0 aromatic rings. The molecule has 1 aliphatic rings. The molecule has 0 aromatic carbocycles. The van der Waals surface area contributed by atoms with Gasteiger partial charge in [0.1, 0.15) is 0 Å². The zero-order valence-corrected chi connectivity index (χ0v) is 9.95. The van der Waals surface area contributed by atoms with Gasteiger partial charge in [0.15, 0.2) is 0 Å². The monoisotopic (exact) mass is 182 g/mol. The van der Waals surface area contributed by atoms with Gasteiger partial charge < -0.3 is 0 Å². The molecule has 1 aliphatic carbocycles. The second-order valence-electron chi connectivity index (χ2n) is 6.08. The Kier molecular flexibility index (Phi) is 3.43. The van der Waals surface area contributed by atoms with E-state index in [4.69, 9.17) is 0 Å². The number of rotatable bonds is 0. The van der Waals surface area contributed by atoms with Gasteiger partial charge in [-0.2, -0.15) is 0 Å². The van der Waals surface area contributed by atoms with Crippen LogP contribution in [0.25, 0.3) is 0 Å². The van der Waals surface area contributed by atoms with E-state index in [2.05, 4.69) is 27.7 Å². The van der Waals surface area contributed by atoms with E-state index >= 15 is 0 Å². The number of hydrogen-bond acceptors (Lipinski definition) is 0. The first kappa shape index (κ1) is 11.1. The summed E-state index contributed by atoms with van der Waals surface area (Å²) in [6.45, 7) is 9.73. The zero-order valence-electron chi connectivity index (χ0n) is 9.95. The molecule has 0 amide bonds. The predicted octanol–water partition coefficient (Wildman–Crippen LogP) is 4.78. The fourth-order valence-electron chi connectivity index (χ4n) is 2.44. The Bertz CT molecular complexity index is 142. The lowest BCUT2D eigenvalue weighted by molar-refractivity contribution is 0.0726. The summed E-state index contributed by atoms with van der Waals surface area (Å²) >= 11 is 0. The molecule has 1 saturated carbocycles. The van der Waals surface area contributed by atoms with Crippen molar-refractivity contribution < 1.29 is 0 Å². The van der Waals surface area contributed by atoms with Crippen LogP contribution in [0.1, 0.15) is 72.6 Å². The van der Waals surface area contributed by atoms with Crippen LogP contribution in [0.15, 0.2) is 0 Å². The SMILES string of the molecule is CC(C)(C)C1(C)CCCCCCC1. The summed E-state index contributed by atoms with van der Waals surface area (Å²) in [4.78, 5) is 0. The first-order chi connectivity index (χ1) is 5.96. The van der Waals surface area contributed by atoms with E-state index in [0.29, 0.717) is 10.8 Å². The van der Waals surface area contributed by atoms with Crippen LogP contribution in [0.4, 0.5) is 0 Å². The molecule has 0 heterocycles. The van der Waals surface area contributed by atoms with Crippen molar-refractivity contribution in [3.05, 3.63) is 0 Å². The molecule has 0 atom stereocenters. The van der Waals surface area contributed by atoms with Gasteiger partial charge in [0, 0.05) is 0 Å². The van der Waals surface area contributed by atoms with Crippen molar-refractivity contribution in [3.63, 3.8) is 0 Å². The average Bonchev–Trinajstić information content (AvgIpc) is 1.94. The lowest BCUT2D eigenvalue weighted by Gasteiger charge is -2.43. The first-order valence-corrected chi connectivity index (χ1v) is 5.96. The van der Waals surface area contributed by atoms with Crippen LogP contribution in [0.5, 0.6) is 0 Å². The quantitative estimate of drug-likeness (QED) is 0.505. The smallest absolute Gasteiger partial charge is 0.0277 e. The van der Waals surface area contributed by atoms with E-state index < -0.39 is 0 Å². The van der Waals surface area contributed by atoms with Gasteiger partial charge in [-0.25, -0.2) is 0 Å². The Hall–Kier alpha value is 0. The third kappa shape index (κ3) is 2.72. The van der Waals surface area contributed by atoms with Crippen molar-refractivity contribution in [2.24, 2.45) is 10.8 Å². The van der Waals surface area contributed by atoms with E-state index in [9.17, 15) is 0 Å². The van der Waals surface area contributed by atoms with E-state index in [1.807, 2.05) is 0 Å². The maximum absolute atomic E-state index is 2.50. The molecule has 0 unspecified atom stereocenters. The largest absolute Gasteiger partial charge is 0.0597 e. The van der Waals surface area contributed by atoms with Crippen molar-refractivity contribution in [2.75, 3.05) is 0 Å². The minimum Gasteiger partial charge on any atom is -0.0597 e. The average molecular weight is 182 g/mol. The molecule has 13 heavy (non-hydrogen) atoms. The van der Waals surface area contributed by atoms with Gasteiger partial charge in [-0.3, -0.25) is 0 Å². The molecule has 0 N–H and O–H groups in total. The predicted molar refractivity (Wildman–Crippen MR) is 59.9 cm³/mol. The topological polar surface area (TPSA) is 0 Å². The standard InChI is InChI=1S/C13H26/c1-12(2,3)13(4)10-8-6-5-7-9-11-13/h5-11H2,1-4H3. The highest BCUT2D eigenvalue weighted by molar-refractivity contribution is 4.87. The first-order valence-electron chi connectivity index (χ1n) is 5.96. The third-order valence-electron chi connectivity index (χ3n) is 4.27. The van der Waals surface area contributed by atoms with Crippen LogP contribution in [-0.4, -0.2) is 0 Å². The van der Waals surface area contributed by atoms with Crippen LogP contribution in [-0.2, 0) is 0 Å². The molecule has 0 aromatic heterocycles. The maximum atomic E-state index is 2.50. The summed E-state index contributed by atoms with van der Waals surface area (Å²) in [5.74, 6) is 0. The highest BCUT2D eigenvalue weighted by Gasteiger charge is 2.36. The van der Waals surface area contributed by atoms with Gasteiger partial charge in [-0.1, -0.05) is 59.8 Å². The summed E-state index contributed by atoms with van der Waals surface area (Å²) in [5.41, 5.74) is 1.08. The fourth-order valence-corrected chi connectivity index (χ4v) is 2.44. The van der Waals surface area contributed by atoms with Crippen LogP contribution in [0.2, 0.25) is 0 Å². The van der Waals surface area contributed by atoms with Gasteiger partial charge in [-0.05, 0) is 23.7 Å². The summed E-state index contributed by atoms with van der Waals surface area (Å²) in [5, 5.41) is 0. The molecule has 0 spiro atoms. The highest BCUT2D eigenvalue weighted by atomic mass is 14.4. The molecule has 78 valence electrons. The highest BCUT2D eigenvalue weighted by Crippen LogP contribution is 2.47. The van der Waals surface area contributed by atoms with Gasteiger partial charge in [0.2, 0.25) is 0 Å². The number of hydrogen-bond donors (Lipinski definition) is 0. The van der Waals surface area contributed by atoms with Gasteiger partial charge in [0.05, 0.1) is 0 Å². The molecule has 1 fully saturated rings. The normalized spacial score (nSPS) is 24.9. The third-order valence-corrected chi connectivity index (χ3v) is 4.27. The Morgan fingerprint density at radius 1 is 0.769 bits per heavy atom. The van der Waals surface area contributed by atoms with E-state index in [1.54, 1.807) is 0 Å². The van der Waals surface area contributed by atoms with Crippen LogP contribution in [0, 0.1) is 10.8 Å². The second kappa shape index (κ2) is 4.02. The summed E-state index contributed by atoms with van der Waals surface area (Å²) in [7, 11) is 0. The summed E-state index contributed by atoms with van der Waals surface area (Å²) in [6.07, 6.45) is 10.2. The Balaban J connectivity index is 2.62. The molecule has 1 rings (SSSR count). The van der Waals surface area contributed by atoms with Crippen molar-refractivity contribution in [1.29, 1.82) is 0 Å². The second-order valence-corrected chi connectivity index (χ2v) is 6.08.